The van der Waals surface area contributed by atoms with Crippen LogP contribution in [0.4, 0.5) is 0 Å². The molecule has 3 heteroatoms. The largest absolute Gasteiger partial charge is 0.508 e. The van der Waals surface area contributed by atoms with Gasteiger partial charge in [-0.1, -0.05) is 19.1 Å². The third kappa shape index (κ3) is 2.99. The Hall–Kier alpha value is -1.06. The third-order valence-corrected chi connectivity index (χ3v) is 3.67. The van der Waals surface area contributed by atoms with Crippen LogP contribution >= 0.6 is 0 Å². The molecule has 1 unspecified atom stereocenters. The first-order valence-corrected chi connectivity index (χ1v) is 6.38. The van der Waals surface area contributed by atoms with Crippen LogP contribution in [0.5, 0.6) is 5.75 Å². The van der Waals surface area contributed by atoms with E-state index >= 15 is 0 Å². The van der Waals surface area contributed by atoms with Crippen molar-refractivity contribution in [3.8, 4) is 5.75 Å². The summed E-state index contributed by atoms with van der Waals surface area (Å²) in [4.78, 5) is 0. The lowest BCUT2D eigenvalue weighted by Crippen LogP contribution is -2.47. The Morgan fingerprint density at radius 2 is 1.94 bits per heavy atom. The lowest BCUT2D eigenvalue weighted by atomic mass is 9.80. The molecule has 1 aromatic rings. The fraction of sp³-hybridized carbons (Fsp3) is 0.571. The van der Waals surface area contributed by atoms with Gasteiger partial charge in [0.25, 0.3) is 0 Å². The maximum atomic E-state index is 10.0. The summed E-state index contributed by atoms with van der Waals surface area (Å²) in [6, 6.07) is 7.53. The van der Waals surface area contributed by atoms with Crippen molar-refractivity contribution in [2.45, 2.75) is 44.2 Å². The normalized spacial score (nSPS) is 19.6. The zero-order valence-electron chi connectivity index (χ0n) is 10.3. The lowest BCUT2D eigenvalue weighted by Gasteiger charge is -2.38. The van der Waals surface area contributed by atoms with Crippen molar-refractivity contribution in [1.29, 1.82) is 0 Å². The SMILES string of the molecule is CCC(NCC1(O)CCC1)c1ccc(O)cc1. The molecule has 0 bridgehead atoms. The summed E-state index contributed by atoms with van der Waals surface area (Å²) in [6.45, 7) is 2.78. The molecule has 0 saturated heterocycles. The van der Waals surface area contributed by atoms with Gasteiger partial charge in [-0.3, -0.25) is 0 Å². The fourth-order valence-corrected chi connectivity index (χ4v) is 2.28. The predicted octanol–water partition coefficient (Wildman–Crippen LogP) is 2.35. The topological polar surface area (TPSA) is 52.5 Å². The van der Waals surface area contributed by atoms with E-state index in [0.717, 1.165) is 31.2 Å². The molecule has 2 rings (SSSR count). The predicted molar refractivity (Wildman–Crippen MR) is 67.9 cm³/mol. The Labute approximate surface area is 102 Å². The standard InChI is InChI=1S/C14H21NO2/c1-2-13(11-4-6-12(16)7-5-11)15-10-14(17)8-3-9-14/h4-7,13,15-17H,2-3,8-10H2,1H3. The van der Waals surface area contributed by atoms with E-state index in [0.29, 0.717) is 12.3 Å². The number of benzene rings is 1. The number of rotatable bonds is 5. The molecule has 1 aliphatic rings. The van der Waals surface area contributed by atoms with Gasteiger partial charge >= 0.3 is 0 Å². The maximum absolute atomic E-state index is 10.0. The third-order valence-electron chi connectivity index (χ3n) is 3.67. The van der Waals surface area contributed by atoms with Crippen LogP contribution in [-0.2, 0) is 0 Å². The maximum Gasteiger partial charge on any atom is 0.115 e. The molecule has 0 aromatic heterocycles. The molecule has 17 heavy (non-hydrogen) atoms. The van der Waals surface area contributed by atoms with Crippen LogP contribution in [0.2, 0.25) is 0 Å². The molecule has 3 nitrogen and oxygen atoms in total. The molecule has 0 spiro atoms. The Morgan fingerprint density at radius 3 is 2.41 bits per heavy atom. The van der Waals surface area contributed by atoms with Crippen LogP contribution in [-0.4, -0.2) is 22.4 Å². The van der Waals surface area contributed by atoms with Crippen LogP contribution in [0.1, 0.15) is 44.2 Å². The minimum Gasteiger partial charge on any atom is -0.508 e. The molecule has 3 N–H and O–H groups in total. The van der Waals surface area contributed by atoms with Gasteiger partial charge in [0.15, 0.2) is 0 Å². The Bertz CT molecular complexity index is 357. The van der Waals surface area contributed by atoms with Crippen molar-refractivity contribution in [3.05, 3.63) is 29.8 Å². The van der Waals surface area contributed by atoms with E-state index in [1.54, 1.807) is 12.1 Å². The Balaban J connectivity index is 1.94. The fourth-order valence-electron chi connectivity index (χ4n) is 2.28. The van der Waals surface area contributed by atoms with Crippen LogP contribution < -0.4 is 5.32 Å². The molecule has 1 aromatic carbocycles. The summed E-state index contributed by atoms with van der Waals surface area (Å²) in [5.74, 6) is 0.293. The van der Waals surface area contributed by atoms with Gasteiger partial charge in [0.2, 0.25) is 0 Å². The van der Waals surface area contributed by atoms with Gasteiger partial charge in [-0.05, 0) is 43.4 Å². The van der Waals surface area contributed by atoms with Gasteiger partial charge in [0.05, 0.1) is 5.60 Å². The number of aliphatic hydroxyl groups is 1. The monoisotopic (exact) mass is 235 g/mol. The first-order chi connectivity index (χ1) is 8.13. The van der Waals surface area contributed by atoms with Gasteiger partial charge < -0.3 is 15.5 Å². The highest BCUT2D eigenvalue weighted by Crippen LogP contribution is 2.31. The van der Waals surface area contributed by atoms with E-state index in [1.807, 2.05) is 12.1 Å². The average Bonchev–Trinajstić information content (AvgIpc) is 2.30. The van der Waals surface area contributed by atoms with Crippen LogP contribution in [0, 0.1) is 0 Å². The van der Waals surface area contributed by atoms with Gasteiger partial charge in [-0.2, -0.15) is 0 Å². The summed E-state index contributed by atoms with van der Waals surface area (Å²) in [5.41, 5.74) is 0.679. The minimum absolute atomic E-state index is 0.250. The first kappa shape index (κ1) is 12.4. The van der Waals surface area contributed by atoms with E-state index in [4.69, 9.17) is 0 Å². The molecule has 1 atom stereocenters. The molecule has 0 aliphatic heterocycles. The lowest BCUT2D eigenvalue weighted by molar-refractivity contribution is -0.0333. The van der Waals surface area contributed by atoms with Crippen molar-refractivity contribution in [1.82, 2.24) is 5.32 Å². The average molecular weight is 235 g/mol. The van der Waals surface area contributed by atoms with E-state index in [9.17, 15) is 10.2 Å². The first-order valence-electron chi connectivity index (χ1n) is 6.38. The molecule has 0 amide bonds. The molecule has 1 fully saturated rings. The zero-order valence-corrected chi connectivity index (χ0v) is 10.3. The molecular formula is C14H21NO2. The van der Waals surface area contributed by atoms with Gasteiger partial charge in [-0.15, -0.1) is 0 Å². The summed E-state index contributed by atoms with van der Waals surface area (Å²) in [7, 11) is 0. The van der Waals surface area contributed by atoms with Crippen molar-refractivity contribution in [2.75, 3.05) is 6.54 Å². The number of nitrogens with one attached hydrogen (secondary N) is 1. The van der Waals surface area contributed by atoms with Crippen molar-refractivity contribution in [2.24, 2.45) is 0 Å². The zero-order chi connectivity index (χ0) is 12.3. The second kappa shape index (κ2) is 5.07. The van der Waals surface area contributed by atoms with Crippen molar-refractivity contribution in [3.63, 3.8) is 0 Å². The second-order valence-corrected chi connectivity index (χ2v) is 5.01. The second-order valence-electron chi connectivity index (χ2n) is 5.01. The number of hydrogen-bond acceptors (Lipinski definition) is 3. The molecule has 94 valence electrons. The summed E-state index contributed by atoms with van der Waals surface area (Å²) >= 11 is 0. The van der Waals surface area contributed by atoms with Gasteiger partial charge in [-0.25, -0.2) is 0 Å². The molecule has 1 saturated carbocycles. The number of hydrogen-bond donors (Lipinski definition) is 3. The van der Waals surface area contributed by atoms with Gasteiger partial charge in [0.1, 0.15) is 5.75 Å². The van der Waals surface area contributed by atoms with E-state index < -0.39 is 5.60 Å². The molecule has 1 aliphatic carbocycles. The minimum atomic E-state index is -0.482. The molecule has 0 radical (unpaired) electrons. The van der Waals surface area contributed by atoms with Crippen molar-refractivity contribution < 1.29 is 10.2 Å². The van der Waals surface area contributed by atoms with Gasteiger partial charge in [0, 0.05) is 12.6 Å². The van der Waals surface area contributed by atoms with Crippen molar-refractivity contribution >= 4 is 0 Å². The van der Waals surface area contributed by atoms with Crippen LogP contribution in [0.3, 0.4) is 0 Å². The van der Waals surface area contributed by atoms with E-state index in [2.05, 4.69) is 12.2 Å². The molecule has 0 heterocycles. The quantitative estimate of drug-likeness (QED) is 0.734. The van der Waals surface area contributed by atoms with E-state index in [-0.39, 0.29) is 6.04 Å². The van der Waals surface area contributed by atoms with Crippen LogP contribution in [0.25, 0.3) is 0 Å². The summed E-state index contributed by atoms with van der Waals surface area (Å²) in [6.07, 6.45) is 3.92. The Morgan fingerprint density at radius 1 is 1.29 bits per heavy atom. The van der Waals surface area contributed by atoms with E-state index in [1.165, 1.54) is 0 Å². The highest BCUT2D eigenvalue weighted by molar-refractivity contribution is 5.28. The molecular weight excluding hydrogens is 214 g/mol. The Kier molecular flexibility index (Phi) is 3.69. The number of aromatic hydroxyl groups is 1. The smallest absolute Gasteiger partial charge is 0.115 e. The summed E-state index contributed by atoms with van der Waals surface area (Å²) in [5, 5.41) is 22.7. The summed E-state index contributed by atoms with van der Waals surface area (Å²) < 4.78 is 0. The highest BCUT2D eigenvalue weighted by Gasteiger charge is 2.34. The highest BCUT2D eigenvalue weighted by atomic mass is 16.3. The number of phenols is 1. The van der Waals surface area contributed by atoms with Crippen LogP contribution in [0.15, 0.2) is 24.3 Å². The number of phenolic OH excluding ortho intramolecular Hbond substituents is 1.